The highest BCUT2D eigenvalue weighted by molar-refractivity contribution is 6.11. The van der Waals surface area contributed by atoms with Crippen LogP contribution in [0.1, 0.15) is 12.5 Å². The van der Waals surface area contributed by atoms with Crippen molar-refractivity contribution < 1.29 is 0 Å². The molecule has 0 aliphatic carbocycles. The highest BCUT2D eigenvalue weighted by atomic mass is 15.1. The van der Waals surface area contributed by atoms with Crippen LogP contribution < -0.4 is 0 Å². The van der Waals surface area contributed by atoms with Crippen molar-refractivity contribution in [3.05, 3.63) is 242 Å². The van der Waals surface area contributed by atoms with Gasteiger partial charge in [0.2, 0.25) is 0 Å². The van der Waals surface area contributed by atoms with Crippen molar-refractivity contribution in [2.45, 2.75) is 6.92 Å². The molecule has 0 unspecified atom stereocenters. The standard InChI is InChI=1S/C63H44N6/c1-42(19-18-38-64-2)45-34-37-54(60(40-45)69-57-32-15-11-28-52(57)53-29-12-16-33-58(53)69)63-66-61(44-22-7-4-8-23-44)65-62(67-63)48-35-36-49(47-25-17-24-46(39-47)43-20-5-3-6-21-43)59(41-48)68-55-30-13-9-26-50(55)51-27-10-14-31-56(51)68/h3-41H,2H2,1H3/b38-18-,42-19+. The summed E-state index contributed by atoms with van der Waals surface area (Å²) < 4.78 is 4.75. The van der Waals surface area contributed by atoms with Crippen molar-refractivity contribution in [3.8, 4) is 67.8 Å². The second kappa shape index (κ2) is 17.5. The van der Waals surface area contributed by atoms with Crippen molar-refractivity contribution in [1.29, 1.82) is 0 Å². The zero-order chi connectivity index (χ0) is 46.3. The normalized spacial score (nSPS) is 11.9. The minimum absolute atomic E-state index is 0.567. The molecule has 6 heteroatoms. The van der Waals surface area contributed by atoms with E-state index in [0.29, 0.717) is 17.5 Å². The summed E-state index contributed by atoms with van der Waals surface area (Å²) in [5.41, 5.74) is 15.7. The third-order valence-electron chi connectivity index (χ3n) is 13.1. The third-order valence-corrected chi connectivity index (χ3v) is 13.1. The summed E-state index contributed by atoms with van der Waals surface area (Å²) >= 11 is 0. The van der Waals surface area contributed by atoms with Gasteiger partial charge in [-0.3, -0.25) is 4.99 Å². The van der Waals surface area contributed by atoms with Gasteiger partial charge in [-0.05, 0) is 96.1 Å². The lowest BCUT2D eigenvalue weighted by Crippen LogP contribution is -2.05. The van der Waals surface area contributed by atoms with Crippen LogP contribution in [-0.4, -0.2) is 30.8 Å². The number of fused-ring (bicyclic) bond motifs is 6. The molecule has 0 saturated heterocycles. The molecule has 3 aromatic heterocycles. The van der Waals surface area contributed by atoms with E-state index in [2.05, 4.69) is 234 Å². The van der Waals surface area contributed by atoms with Gasteiger partial charge in [-0.25, -0.2) is 15.0 Å². The van der Waals surface area contributed by atoms with E-state index in [0.717, 1.165) is 78.0 Å². The van der Waals surface area contributed by atoms with E-state index in [1.54, 1.807) is 6.20 Å². The molecule has 326 valence electrons. The predicted octanol–water partition coefficient (Wildman–Crippen LogP) is 16.0. The average molecular weight is 885 g/mol. The Kier molecular flexibility index (Phi) is 10.5. The number of hydrogen-bond donors (Lipinski definition) is 0. The summed E-state index contributed by atoms with van der Waals surface area (Å²) in [5.74, 6) is 1.72. The number of rotatable bonds is 10. The molecular formula is C63H44N6. The summed E-state index contributed by atoms with van der Waals surface area (Å²) in [6, 6.07) is 77.3. The zero-order valence-corrected chi connectivity index (χ0v) is 37.9. The second-order valence-corrected chi connectivity index (χ2v) is 17.2. The average Bonchev–Trinajstić information content (AvgIpc) is 3.94. The molecule has 12 aromatic rings. The predicted molar refractivity (Wildman–Crippen MR) is 288 cm³/mol. The minimum atomic E-state index is 0.567. The Balaban J connectivity index is 1.12. The van der Waals surface area contributed by atoms with Gasteiger partial charge in [0.15, 0.2) is 17.5 Å². The number of allylic oxidation sites excluding steroid dienone is 3. The van der Waals surface area contributed by atoms with Gasteiger partial charge < -0.3 is 9.13 Å². The summed E-state index contributed by atoms with van der Waals surface area (Å²) in [6.45, 7) is 5.74. The molecule has 0 amide bonds. The van der Waals surface area contributed by atoms with Gasteiger partial charge in [-0.2, -0.15) is 0 Å². The lowest BCUT2D eigenvalue weighted by Gasteiger charge is -2.18. The van der Waals surface area contributed by atoms with E-state index < -0.39 is 0 Å². The summed E-state index contributed by atoms with van der Waals surface area (Å²) in [5, 5.41) is 4.72. The van der Waals surface area contributed by atoms with Crippen LogP contribution in [0.3, 0.4) is 0 Å². The Bertz CT molecular complexity index is 3880. The van der Waals surface area contributed by atoms with Crippen LogP contribution in [0, 0.1) is 0 Å². The van der Waals surface area contributed by atoms with Gasteiger partial charge >= 0.3 is 0 Å². The Labute approximate surface area is 400 Å². The topological polar surface area (TPSA) is 60.9 Å². The Morgan fingerprint density at radius 3 is 1.45 bits per heavy atom. The fourth-order valence-corrected chi connectivity index (χ4v) is 9.80. The Morgan fingerprint density at radius 2 is 0.870 bits per heavy atom. The van der Waals surface area contributed by atoms with Crippen LogP contribution in [-0.2, 0) is 0 Å². The number of hydrogen-bond acceptors (Lipinski definition) is 4. The zero-order valence-electron chi connectivity index (χ0n) is 37.9. The Morgan fingerprint density at radius 1 is 0.406 bits per heavy atom. The van der Waals surface area contributed by atoms with Gasteiger partial charge in [-0.15, -0.1) is 0 Å². The van der Waals surface area contributed by atoms with E-state index in [1.807, 2.05) is 24.3 Å². The van der Waals surface area contributed by atoms with Gasteiger partial charge in [0.05, 0.1) is 33.4 Å². The maximum absolute atomic E-state index is 5.48. The van der Waals surface area contributed by atoms with E-state index in [1.165, 1.54) is 27.1 Å². The molecule has 69 heavy (non-hydrogen) atoms. The van der Waals surface area contributed by atoms with E-state index in [9.17, 15) is 0 Å². The number of nitrogens with zero attached hydrogens (tertiary/aromatic N) is 6. The SMILES string of the molecule is C=N/C=C\C=C(/C)c1ccc(-c2nc(-c3ccccc3)nc(-c3ccc(-c4cccc(-c5ccccc5)c4)c(-n4c5ccccc5c5ccccc54)c3)n2)c(-n2c3ccccc3c3ccccc32)c1. The monoisotopic (exact) mass is 884 g/mol. The van der Waals surface area contributed by atoms with E-state index >= 15 is 0 Å². The van der Waals surface area contributed by atoms with Crippen LogP contribution in [0.25, 0.3) is 117 Å². The number of benzene rings is 9. The summed E-state index contributed by atoms with van der Waals surface area (Å²) in [6.07, 6.45) is 5.67. The number of aromatic nitrogens is 5. The highest BCUT2D eigenvalue weighted by Crippen LogP contribution is 2.41. The summed E-state index contributed by atoms with van der Waals surface area (Å²) in [4.78, 5) is 20.1. The molecule has 0 saturated carbocycles. The molecule has 9 aromatic carbocycles. The van der Waals surface area contributed by atoms with Crippen LogP contribution in [0.2, 0.25) is 0 Å². The van der Waals surface area contributed by atoms with Crippen molar-refractivity contribution in [2.75, 3.05) is 0 Å². The number of para-hydroxylation sites is 4. The lowest BCUT2D eigenvalue weighted by atomic mass is 9.96. The third kappa shape index (κ3) is 7.41. The molecule has 0 bridgehead atoms. The van der Waals surface area contributed by atoms with Crippen molar-refractivity contribution in [2.24, 2.45) is 4.99 Å². The Hall–Kier alpha value is -9.26. The second-order valence-electron chi connectivity index (χ2n) is 17.2. The molecular weight excluding hydrogens is 841 g/mol. The molecule has 0 spiro atoms. The number of aliphatic imine (C=N–C) groups is 1. The van der Waals surface area contributed by atoms with E-state index in [4.69, 9.17) is 15.0 Å². The molecule has 0 fully saturated rings. The van der Waals surface area contributed by atoms with Crippen LogP contribution in [0.15, 0.2) is 242 Å². The highest BCUT2D eigenvalue weighted by Gasteiger charge is 2.22. The van der Waals surface area contributed by atoms with Crippen LogP contribution >= 0.6 is 0 Å². The first-order valence-corrected chi connectivity index (χ1v) is 23.1. The van der Waals surface area contributed by atoms with Gasteiger partial charge in [0.1, 0.15) is 0 Å². The quantitative estimate of drug-likeness (QED) is 0.102. The first kappa shape index (κ1) is 41.2. The van der Waals surface area contributed by atoms with Gasteiger partial charge in [0.25, 0.3) is 0 Å². The van der Waals surface area contributed by atoms with Gasteiger partial charge in [-0.1, -0.05) is 176 Å². The van der Waals surface area contributed by atoms with Gasteiger partial charge in [0, 0.05) is 50.0 Å². The molecule has 12 rings (SSSR count). The molecule has 6 nitrogen and oxygen atoms in total. The molecule has 0 radical (unpaired) electrons. The largest absolute Gasteiger partial charge is 0.309 e. The van der Waals surface area contributed by atoms with Crippen molar-refractivity contribution in [3.63, 3.8) is 0 Å². The summed E-state index contributed by atoms with van der Waals surface area (Å²) in [7, 11) is 0. The van der Waals surface area contributed by atoms with E-state index in [-0.39, 0.29) is 0 Å². The fourth-order valence-electron chi connectivity index (χ4n) is 9.80. The van der Waals surface area contributed by atoms with Crippen LogP contribution in [0.5, 0.6) is 0 Å². The maximum atomic E-state index is 5.48. The smallest absolute Gasteiger partial charge is 0.166 e. The van der Waals surface area contributed by atoms with Crippen molar-refractivity contribution >= 4 is 55.9 Å². The fraction of sp³-hybridized carbons (Fsp3) is 0.0159. The first-order valence-electron chi connectivity index (χ1n) is 23.1. The lowest BCUT2D eigenvalue weighted by molar-refractivity contribution is 1.06. The first-order chi connectivity index (χ1) is 34.1. The molecule has 0 aliphatic heterocycles. The minimum Gasteiger partial charge on any atom is -0.309 e. The van der Waals surface area contributed by atoms with Crippen LogP contribution in [0.4, 0.5) is 0 Å². The molecule has 0 aliphatic rings. The molecule has 3 heterocycles. The molecule has 0 atom stereocenters. The van der Waals surface area contributed by atoms with Crippen molar-refractivity contribution in [1.82, 2.24) is 24.1 Å². The maximum Gasteiger partial charge on any atom is 0.166 e. The molecule has 0 N–H and O–H groups in total.